The molecule has 1 aliphatic rings. The van der Waals surface area contributed by atoms with Crippen LogP contribution in [0.25, 0.3) is 0 Å². The van der Waals surface area contributed by atoms with E-state index >= 15 is 0 Å². The smallest absolute Gasteiger partial charge is 0.217 e. The highest BCUT2D eigenvalue weighted by Gasteiger charge is 2.35. The van der Waals surface area contributed by atoms with Gasteiger partial charge in [0.15, 0.2) is 0 Å². The minimum absolute atomic E-state index is 0.252. The van der Waals surface area contributed by atoms with Gasteiger partial charge in [0.25, 0.3) is 0 Å². The molecule has 1 aromatic carbocycles. The van der Waals surface area contributed by atoms with Gasteiger partial charge in [-0.2, -0.15) is 0 Å². The van der Waals surface area contributed by atoms with Gasteiger partial charge < -0.3 is 9.30 Å². The maximum absolute atomic E-state index is 12.4. The van der Waals surface area contributed by atoms with Crippen LogP contribution in [0.5, 0.6) is 0 Å². The molecule has 1 fully saturated rings. The van der Waals surface area contributed by atoms with Crippen LogP contribution in [0.3, 0.4) is 0 Å². The number of hydrogen-bond donors (Lipinski definition) is 1. The molecule has 1 aliphatic heterocycles. The number of benzene rings is 1. The molecule has 7 heteroatoms. The van der Waals surface area contributed by atoms with Crippen molar-refractivity contribution in [1.29, 1.82) is 0 Å². The molecule has 3 rings (SSSR count). The summed E-state index contributed by atoms with van der Waals surface area (Å²) in [4.78, 5) is 4.21. The van der Waals surface area contributed by atoms with E-state index in [0.29, 0.717) is 19.6 Å². The molecule has 130 valence electrons. The fourth-order valence-electron chi connectivity index (χ4n) is 3.02. The number of ether oxygens (including phenoxy) is 1. The zero-order chi connectivity index (χ0) is 17.2. The van der Waals surface area contributed by atoms with Crippen LogP contribution in [-0.2, 0) is 27.8 Å². The number of nitrogens with one attached hydrogen (secondary N) is 1. The first-order valence-electron chi connectivity index (χ1n) is 8.11. The van der Waals surface area contributed by atoms with Crippen molar-refractivity contribution in [2.45, 2.75) is 44.7 Å². The Morgan fingerprint density at radius 1 is 1.38 bits per heavy atom. The largest absolute Gasteiger partial charge is 0.377 e. The molecule has 6 nitrogen and oxygen atoms in total. The van der Waals surface area contributed by atoms with Crippen molar-refractivity contribution in [3.63, 3.8) is 0 Å². The van der Waals surface area contributed by atoms with Gasteiger partial charge in [-0.1, -0.05) is 24.3 Å². The third-order valence-electron chi connectivity index (χ3n) is 4.45. The van der Waals surface area contributed by atoms with E-state index < -0.39 is 15.3 Å². The normalized spacial score (nSPS) is 21.2. The number of aromatic nitrogens is 2. The highest BCUT2D eigenvalue weighted by molar-refractivity contribution is 7.90. The van der Waals surface area contributed by atoms with Crippen molar-refractivity contribution in [2.75, 3.05) is 6.61 Å². The van der Waals surface area contributed by atoms with Crippen LogP contribution in [0.4, 0.5) is 0 Å². The summed E-state index contributed by atoms with van der Waals surface area (Å²) in [6.07, 6.45) is 4.01. The van der Waals surface area contributed by atoms with E-state index in [2.05, 4.69) is 14.3 Å². The SMILES string of the molecule is Cc1nccn1Cc1cccc(CNS(=O)(=O)C2CCOC2C)c1. The van der Waals surface area contributed by atoms with Gasteiger partial charge in [-0.15, -0.1) is 0 Å². The van der Waals surface area contributed by atoms with Crippen molar-refractivity contribution in [1.82, 2.24) is 14.3 Å². The van der Waals surface area contributed by atoms with Crippen LogP contribution in [-0.4, -0.2) is 35.9 Å². The second-order valence-electron chi connectivity index (χ2n) is 6.19. The maximum Gasteiger partial charge on any atom is 0.217 e. The highest BCUT2D eigenvalue weighted by atomic mass is 32.2. The number of nitrogens with zero attached hydrogens (tertiary/aromatic N) is 2. The van der Waals surface area contributed by atoms with Gasteiger partial charge in [-0.3, -0.25) is 0 Å². The van der Waals surface area contributed by atoms with Gasteiger partial charge in [0.1, 0.15) is 11.1 Å². The molecule has 1 saturated heterocycles. The molecular formula is C17H23N3O3S. The first kappa shape index (κ1) is 17.1. The van der Waals surface area contributed by atoms with E-state index in [4.69, 9.17) is 4.74 Å². The van der Waals surface area contributed by atoms with E-state index in [-0.39, 0.29) is 6.10 Å². The molecule has 1 N–H and O–H groups in total. The van der Waals surface area contributed by atoms with Crippen LogP contribution in [0.1, 0.15) is 30.3 Å². The third-order valence-corrected chi connectivity index (χ3v) is 6.41. The van der Waals surface area contributed by atoms with Crippen LogP contribution >= 0.6 is 0 Å². The lowest BCUT2D eigenvalue weighted by atomic mass is 10.1. The predicted octanol–water partition coefficient (Wildman–Crippen LogP) is 1.84. The Bertz CT molecular complexity index is 801. The number of sulfonamides is 1. The molecule has 2 aromatic rings. The summed E-state index contributed by atoms with van der Waals surface area (Å²) in [5.41, 5.74) is 2.06. The van der Waals surface area contributed by atoms with E-state index in [9.17, 15) is 8.42 Å². The molecule has 0 aliphatic carbocycles. The minimum Gasteiger partial charge on any atom is -0.377 e. The van der Waals surface area contributed by atoms with E-state index in [1.807, 2.05) is 44.3 Å². The minimum atomic E-state index is -3.37. The average molecular weight is 349 g/mol. The van der Waals surface area contributed by atoms with Crippen LogP contribution in [0.15, 0.2) is 36.7 Å². The van der Waals surface area contributed by atoms with Gasteiger partial charge in [0.05, 0.1) is 6.10 Å². The Balaban J connectivity index is 1.65. The first-order chi connectivity index (χ1) is 11.5. The Morgan fingerprint density at radius 2 is 2.17 bits per heavy atom. The van der Waals surface area contributed by atoms with Crippen LogP contribution < -0.4 is 4.72 Å². The Hall–Kier alpha value is -1.70. The Morgan fingerprint density at radius 3 is 2.83 bits per heavy atom. The lowest BCUT2D eigenvalue weighted by Gasteiger charge is -2.16. The fourth-order valence-corrected chi connectivity index (χ4v) is 4.59. The number of rotatable bonds is 6. The van der Waals surface area contributed by atoms with Crippen LogP contribution in [0.2, 0.25) is 0 Å². The fraction of sp³-hybridized carbons (Fsp3) is 0.471. The number of hydrogen-bond acceptors (Lipinski definition) is 4. The topological polar surface area (TPSA) is 73.2 Å². The molecule has 2 heterocycles. The first-order valence-corrected chi connectivity index (χ1v) is 9.66. The Labute approximate surface area is 142 Å². The molecule has 0 spiro atoms. The van der Waals surface area contributed by atoms with E-state index in [0.717, 1.165) is 23.5 Å². The standard InChI is InChI=1S/C17H23N3O3S/c1-13-17(6-9-23-13)24(21,22)19-11-15-4-3-5-16(10-15)12-20-8-7-18-14(20)2/h3-5,7-8,10,13,17,19H,6,9,11-12H2,1-2H3. The van der Waals surface area contributed by atoms with Crippen molar-refractivity contribution in [3.05, 3.63) is 53.6 Å². The van der Waals surface area contributed by atoms with Crippen molar-refractivity contribution < 1.29 is 13.2 Å². The highest BCUT2D eigenvalue weighted by Crippen LogP contribution is 2.20. The summed E-state index contributed by atoms with van der Waals surface area (Å²) < 4.78 is 34.9. The summed E-state index contributed by atoms with van der Waals surface area (Å²) in [6.45, 7) is 5.29. The molecule has 0 radical (unpaired) electrons. The van der Waals surface area contributed by atoms with E-state index in [1.54, 1.807) is 6.20 Å². The second kappa shape index (κ2) is 7.04. The summed E-state index contributed by atoms with van der Waals surface area (Å²) in [7, 11) is -3.37. The van der Waals surface area contributed by atoms with Gasteiger partial charge in [-0.25, -0.2) is 18.1 Å². The lowest BCUT2D eigenvalue weighted by Crippen LogP contribution is -2.37. The van der Waals surface area contributed by atoms with Gasteiger partial charge >= 0.3 is 0 Å². The zero-order valence-electron chi connectivity index (χ0n) is 14.0. The van der Waals surface area contributed by atoms with Crippen molar-refractivity contribution >= 4 is 10.0 Å². The predicted molar refractivity (Wildman–Crippen MR) is 92.1 cm³/mol. The lowest BCUT2D eigenvalue weighted by molar-refractivity contribution is 0.126. The van der Waals surface area contributed by atoms with Gasteiger partial charge in [-0.05, 0) is 31.4 Å². The molecule has 24 heavy (non-hydrogen) atoms. The maximum atomic E-state index is 12.4. The Kier molecular flexibility index (Phi) is 5.03. The quantitative estimate of drug-likeness (QED) is 0.864. The molecule has 1 aromatic heterocycles. The third kappa shape index (κ3) is 3.85. The molecule has 2 unspecified atom stereocenters. The summed E-state index contributed by atoms with van der Waals surface area (Å²) in [5.74, 6) is 0.955. The van der Waals surface area contributed by atoms with Crippen LogP contribution in [0, 0.1) is 6.92 Å². The number of aryl methyl sites for hydroxylation is 1. The number of imidazole rings is 1. The molecule has 0 bridgehead atoms. The summed E-state index contributed by atoms with van der Waals surface area (Å²) in [5, 5.41) is -0.464. The summed E-state index contributed by atoms with van der Waals surface area (Å²) >= 11 is 0. The van der Waals surface area contributed by atoms with Gasteiger partial charge in [0, 0.05) is 32.1 Å². The molecular weight excluding hydrogens is 326 g/mol. The van der Waals surface area contributed by atoms with Crippen molar-refractivity contribution in [3.8, 4) is 0 Å². The van der Waals surface area contributed by atoms with E-state index in [1.165, 1.54) is 0 Å². The average Bonchev–Trinajstić information content (AvgIpc) is 3.15. The van der Waals surface area contributed by atoms with Crippen molar-refractivity contribution in [2.24, 2.45) is 0 Å². The molecule has 2 atom stereocenters. The monoisotopic (exact) mass is 349 g/mol. The molecule has 0 saturated carbocycles. The zero-order valence-corrected chi connectivity index (χ0v) is 14.8. The summed E-state index contributed by atoms with van der Waals surface area (Å²) in [6, 6.07) is 7.94. The van der Waals surface area contributed by atoms with Gasteiger partial charge in [0.2, 0.25) is 10.0 Å². The molecule has 0 amide bonds. The second-order valence-corrected chi connectivity index (χ2v) is 8.18.